The highest BCUT2D eigenvalue weighted by Crippen LogP contribution is 2.29. The number of hydrogen-bond acceptors (Lipinski definition) is 2. The van der Waals surface area contributed by atoms with Crippen molar-refractivity contribution in [2.24, 2.45) is 0 Å². The van der Waals surface area contributed by atoms with Gasteiger partial charge in [0.1, 0.15) is 11.9 Å². The largest absolute Gasteiger partial charge is 0.277 e. The van der Waals surface area contributed by atoms with E-state index in [1.165, 1.54) is 12.1 Å². The summed E-state index contributed by atoms with van der Waals surface area (Å²) in [6.07, 6.45) is 1.53. The van der Waals surface area contributed by atoms with Gasteiger partial charge in [0.05, 0.1) is 0 Å². The molecule has 0 saturated carbocycles. The Hall–Kier alpha value is -2.21. The Morgan fingerprint density at radius 2 is 1.89 bits per heavy atom. The summed E-state index contributed by atoms with van der Waals surface area (Å²) >= 11 is 0. The topological polar surface area (TPSA) is 40.9 Å². The van der Waals surface area contributed by atoms with E-state index in [-0.39, 0.29) is 11.4 Å². The fourth-order valence-electron chi connectivity index (χ4n) is 1.97. The van der Waals surface area contributed by atoms with Gasteiger partial charge in [0.15, 0.2) is 0 Å². The van der Waals surface area contributed by atoms with Crippen LogP contribution in [-0.2, 0) is 4.79 Å². The Labute approximate surface area is 112 Å². The minimum Gasteiger partial charge on any atom is -0.277 e. The van der Waals surface area contributed by atoms with Crippen molar-refractivity contribution in [1.82, 2.24) is 0 Å². The van der Waals surface area contributed by atoms with Gasteiger partial charge in [-0.3, -0.25) is 4.79 Å². The van der Waals surface area contributed by atoms with E-state index in [9.17, 15) is 9.18 Å². The molecular weight excluding hydrogens is 241 g/mol. The maximum Gasteiger partial charge on any atom is 0.262 e. The molecule has 0 bridgehead atoms. The van der Waals surface area contributed by atoms with Crippen LogP contribution < -0.4 is 0 Å². The molecule has 0 aromatic heterocycles. The monoisotopic (exact) mass is 257 g/mol. The normalized spacial score (nSPS) is 11.1. The first-order valence-corrected chi connectivity index (χ1v) is 5.91. The van der Waals surface area contributed by atoms with Gasteiger partial charge >= 0.3 is 0 Å². The van der Waals surface area contributed by atoms with Crippen molar-refractivity contribution in [3.05, 3.63) is 52.4 Å². The van der Waals surface area contributed by atoms with Crippen molar-refractivity contribution in [3.63, 3.8) is 0 Å². The minimum atomic E-state index is -0.662. The van der Waals surface area contributed by atoms with E-state index in [0.717, 1.165) is 11.1 Å². The second kappa shape index (κ2) is 5.62. The predicted molar refractivity (Wildman–Crippen MR) is 74.0 cm³/mol. The van der Waals surface area contributed by atoms with Crippen molar-refractivity contribution in [2.45, 2.75) is 27.7 Å². The zero-order valence-electron chi connectivity index (χ0n) is 11.6. The Bertz CT molecular complexity index is 633. The molecule has 0 amide bonds. The van der Waals surface area contributed by atoms with Crippen LogP contribution in [0.4, 0.5) is 4.39 Å². The number of rotatable bonds is 3. The lowest BCUT2D eigenvalue weighted by Gasteiger charge is -2.15. The summed E-state index contributed by atoms with van der Waals surface area (Å²) in [5.74, 6) is -0.996. The zero-order valence-corrected chi connectivity index (χ0v) is 11.6. The van der Waals surface area contributed by atoms with Gasteiger partial charge in [0.2, 0.25) is 0 Å². The van der Waals surface area contributed by atoms with Crippen molar-refractivity contribution >= 4 is 11.4 Å². The third-order valence-electron chi connectivity index (χ3n) is 3.44. The number of benzene rings is 1. The zero-order chi connectivity index (χ0) is 14.7. The second-order valence-corrected chi connectivity index (χ2v) is 4.40. The highest BCUT2D eigenvalue weighted by atomic mass is 19.1. The molecule has 0 aliphatic carbocycles. The fourth-order valence-corrected chi connectivity index (χ4v) is 1.97. The maximum atomic E-state index is 13.8. The van der Waals surface area contributed by atoms with E-state index in [0.29, 0.717) is 16.7 Å². The number of carbonyl (C=O) groups excluding carboxylic acids is 1. The van der Waals surface area contributed by atoms with E-state index in [4.69, 9.17) is 5.26 Å². The van der Waals surface area contributed by atoms with Crippen LogP contribution in [0.15, 0.2) is 24.3 Å². The quantitative estimate of drug-likeness (QED) is 0.469. The first-order chi connectivity index (χ1) is 8.84. The van der Waals surface area contributed by atoms with Crippen LogP contribution in [0.25, 0.3) is 5.57 Å². The third kappa shape index (κ3) is 2.63. The standard InChI is InChI=1S/C16H16FNO/c1-6-13(16(19)8-18)12(5)14-7-15(17)11(4)9(2)10(14)3/h6-7H,5H2,1-4H3/b13-6+. The summed E-state index contributed by atoms with van der Waals surface area (Å²) in [7, 11) is 0. The first-order valence-electron chi connectivity index (χ1n) is 5.91. The molecule has 19 heavy (non-hydrogen) atoms. The molecule has 0 heterocycles. The molecule has 0 radical (unpaired) electrons. The molecule has 0 unspecified atom stereocenters. The van der Waals surface area contributed by atoms with E-state index < -0.39 is 5.78 Å². The van der Waals surface area contributed by atoms with Gasteiger partial charge in [-0.25, -0.2) is 4.39 Å². The number of nitrogens with zero attached hydrogens (tertiary/aromatic N) is 1. The van der Waals surface area contributed by atoms with Crippen LogP contribution in [0, 0.1) is 37.9 Å². The molecule has 0 aliphatic rings. The van der Waals surface area contributed by atoms with Gasteiger partial charge in [-0.2, -0.15) is 5.26 Å². The van der Waals surface area contributed by atoms with Gasteiger partial charge in [0.25, 0.3) is 5.78 Å². The highest BCUT2D eigenvalue weighted by molar-refractivity contribution is 6.17. The number of nitriles is 1. The number of carbonyl (C=O) groups is 1. The van der Waals surface area contributed by atoms with Crippen molar-refractivity contribution in [3.8, 4) is 6.07 Å². The molecule has 1 aromatic rings. The first kappa shape index (κ1) is 14.8. The molecule has 2 nitrogen and oxygen atoms in total. The van der Waals surface area contributed by atoms with Gasteiger partial charge in [-0.15, -0.1) is 0 Å². The van der Waals surface area contributed by atoms with Crippen LogP contribution in [0.2, 0.25) is 0 Å². The van der Waals surface area contributed by atoms with Gasteiger partial charge < -0.3 is 0 Å². The third-order valence-corrected chi connectivity index (χ3v) is 3.44. The van der Waals surface area contributed by atoms with Gasteiger partial charge in [-0.1, -0.05) is 12.7 Å². The number of ketones is 1. The lowest BCUT2D eigenvalue weighted by atomic mass is 9.89. The minimum absolute atomic E-state index is 0.216. The molecule has 0 saturated heterocycles. The summed E-state index contributed by atoms with van der Waals surface area (Å²) in [6.45, 7) is 10.9. The fraction of sp³-hybridized carbons (Fsp3) is 0.250. The Morgan fingerprint density at radius 1 is 1.32 bits per heavy atom. The molecule has 0 N–H and O–H groups in total. The van der Waals surface area contributed by atoms with Crippen molar-refractivity contribution < 1.29 is 9.18 Å². The molecule has 0 atom stereocenters. The van der Waals surface area contributed by atoms with Crippen LogP contribution in [0.1, 0.15) is 29.2 Å². The molecule has 98 valence electrons. The Morgan fingerprint density at radius 3 is 2.37 bits per heavy atom. The van der Waals surface area contributed by atoms with Crippen LogP contribution in [-0.4, -0.2) is 5.78 Å². The van der Waals surface area contributed by atoms with E-state index >= 15 is 0 Å². The molecule has 3 heteroatoms. The summed E-state index contributed by atoms with van der Waals surface area (Å²) in [4.78, 5) is 11.5. The van der Waals surface area contributed by atoms with Crippen molar-refractivity contribution in [2.75, 3.05) is 0 Å². The average molecular weight is 257 g/mol. The maximum absolute atomic E-state index is 13.8. The highest BCUT2D eigenvalue weighted by Gasteiger charge is 2.17. The molecule has 1 aromatic carbocycles. The van der Waals surface area contributed by atoms with E-state index in [2.05, 4.69) is 6.58 Å². The number of halogens is 1. The SMILES string of the molecule is C=C(/C(=C\C)C(=O)C#N)c1cc(F)c(C)c(C)c1C. The summed E-state index contributed by atoms with van der Waals surface area (Å²) in [5.41, 5.74) is 3.45. The van der Waals surface area contributed by atoms with E-state index in [1.54, 1.807) is 19.9 Å². The number of hydrogen-bond donors (Lipinski definition) is 0. The molecule has 0 fully saturated rings. The van der Waals surface area contributed by atoms with Gasteiger partial charge in [-0.05, 0) is 61.6 Å². The number of allylic oxidation sites excluding steroid dienone is 3. The molecule has 0 aliphatic heterocycles. The van der Waals surface area contributed by atoms with E-state index in [1.807, 2.05) is 13.8 Å². The van der Waals surface area contributed by atoms with Crippen LogP contribution in [0.3, 0.4) is 0 Å². The average Bonchev–Trinajstić information content (AvgIpc) is 2.40. The predicted octanol–water partition coefficient (Wildman–Crippen LogP) is 3.80. The smallest absolute Gasteiger partial charge is 0.262 e. The summed E-state index contributed by atoms with van der Waals surface area (Å²) in [6, 6.07) is 2.93. The molecular formula is C16H16FNO. The van der Waals surface area contributed by atoms with Crippen LogP contribution >= 0.6 is 0 Å². The Balaban J connectivity index is 3.45. The summed E-state index contributed by atoms with van der Waals surface area (Å²) in [5, 5.41) is 8.70. The van der Waals surface area contributed by atoms with Crippen molar-refractivity contribution in [1.29, 1.82) is 5.26 Å². The van der Waals surface area contributed by atoms with Gasteiger partial charge in [0, 0.05) is 5.57 Å². The lowest BCUT2D eigenvalue weighted by Crippen LogP contribution is -2.04. The van der Waals surface area contributed by atoms with Crippen LogP contribution in [0.5, 0.6) is 0 Å². The molecule has 0 spiro atoms. The Kier molecular flexibility index (Phi) is 4.39. The summed E-state index contributed by atoms with van der Waals surface area (Å²) < 4.78 is 13.8. The lowest BCUT2D eigenvalue weighted by molar-refractivity contribution is -0.110. The number of Topliss-reactive ketones (excluding diaryl/α,β-unsaturated/α-hetero) is 1. The second-order valence-electron chi connectivity index (χ2n) is 4.40. The molecule has 1 rings (SSSR count).